The highest BCUT2D eigenvalue weighted by Crippen LogP contribution is 2.19. The Balaban J connectivity index is 0.000000151. The summed E-state index contributed by atoms with van der Waals surface area (Å²) in [4.78, 5) is 2.55. The summed E-state index contributed by atoms with van der Waals surface area (Å²) in [7, 11) is 1.79. The summed E-state index contributed by atoms with van der Waals surface area (Å²) >= 11 is 0. The molecule has 0 radical (unpaired) electrons. The van der Waals surface area contributed by atoms with Crippen LogP contribution in [0.1, 0.15) is 30.4 Å². The van der Waals surface area contributed by atoms with Gasteiger partial charge in [-0.2, -0.15) is 10.4 Å². The van der Waals surface area contributed by atoms with E-state index in [-0.39, 0.29) is 0 Å². The van der Waals surface area contributed by atoms with E-state index in [4.69, 9.17) is 5.26 Å². The zero-order valence-corrected chi connectivity index (χ0v) is 15.2. The summed E-state index contributed by atoms with van der Waals surface area (Å²) in [5.41, 5.74) is 3.75. The highest BCUT2D eigenvalue weighted by Gasteiger charge is 2.09. The lowest BCUT2D eigenvalue weighted by Crippen LogP contribution is -2.28. The fraction of sp³-hybridized carbons (Fsp3) is 0.333. The van der Waals surface area contributed by atoms with E-state index in [9.17, 15) is 0 Å². The number of piperidine rings is 1. The van der Waals surface area contributed by atoms with E-state index in [2.05, 4.69) is 51.7 Å². The van der Waals surface area contributed by atoms with Gasteiger partial charge in [-0.15, -0.1) is 0 Å². The van der Waals surface area contributed by atoms with Crippen LogP contribution < -0.4 is 5.32 Å². The van der Waals surface area contributed by atoms with E-state index >= 15 is 0 Å². The fourth-order valence-electron chi connectivity index (χ4n) is 3.30. The first kappa shape index (κ1) is 18.0. The number of fused-ring (bicyclic) bond motifs is 1. The average Bonchev–Trinajstić information content (AvgIpc) is 3.18. The van der Waals surface area contributed by atoms with Gasteiger partial charge in [0.2, 0.25) is 0 Å². The summed E-state index contributed by atoms with van der Waals surface area (Å²) in [5.74, 6) is 0. The molecule has 2 aromatic heterocycles. The zero-order chi connectivity index (χ0) is 18.2. The molecule has 0 spiro atoms. The minimum absolute atomic E-state index is 0.564. The number of rotatable bonds is 3. The second-order valence-electron chi connectivity index (χ2n) is 6.46. The largest absolute Gasteiger partial charge is 0.385 e. The molecule has 3 heterocycles. The van der Waals surface area contributed by atoms with Gasteiger partial charge in [0, 0.05) is 19.8 Å². The summed E-state index contributed by atoms with van der Waals surface area (Å²) in [6.07, 6.45) is 7.58. The van der Waals surface area contributed by atoms with Crippen LogP contribution in [0.25, 0.3) is 5.52 Å². The van der Waals surface area contributed by atoms with Gasteiger partial charge in [-0.1, -0.05) is 36.8 Å². The Morgan fingerprint density at radius 2 is 1.85 bits per heavy atom. The highest BCUT2D eigenvalue weighted by molar-refractivity contribution is 5.77. The molecule has 0 atom stereocenters. The summed E-state index contributed by atoms with van der Waals surface area (Å²) in [6.45, 7) is 3.71. The van der Waals surface area contributed by atoms with E-state index in [0.29, 0.717) is 5.56 Å². The topological polar surface area (TPSA) is 56.4 Å². The molecule has 0 bridgehead atoms. The number of likely N-dealkylation sites (tertiary alicyclic amines) is 1. The third-order valence-electron chi connectivity index (χ3n) is 4.63. The van der Waals surface area contributed by atoms with Crippen LogP contribution in [0.15, 0.2) is 54.9 Å². The Morgan fingerprint density at radius 3 is 2.54 bits per heavy atom. The van der Waals surface area contributed by atoms with Crippen molar-refractivity contribution in [2.45, 2.75) is 25.8 Å². The van der Waals surface area contributed by atoms with Gasteiger partial charge in [0.15, 0.2) is 0 Å². The van der Waals surface area contributed by atoms with Crippen LogP contribution in [0.2, 0.25) is 0 Å². The number of hydrogen-bond donors (Lipinski definition) is 1. The highest BCUT2D eigenvalue weighted by atomic mass is 15.2. The Bertz CT molecular complexity index is 857. The minimum Gasteiger partial charge on any atom is -0.385 e. The van der Waals surface area contributed by atoms with Gasteiger partial charge in [-0.3, -0.25) is 4.90 Å². The monoisotopic (exact) mass is 347 g/mol. The van der Waals surface area contributed by atoms with Crippen molar-refractivity contribution in [1.82, 2.24) is 14.5 Å². The molecule has 1 aliphatic rings. The molecule has 3 aromatic rings. The molecule has 1 fully saturated rings. The molecular formula is C21H25N5. The van der Waals surface area contributed by atoms with Gasteiger partial charge in [0.25, 0.3) is 0 Å². The molecule has 0 unspecified atom stereocenters. The number of aromatic nitrogens is 2. The first-order valence-electron chi connectivity index (χ1n) is 9.12. The quantitative estimate of drug-likeness (QED) is 0.780. The molecule has 1 aliphatic heterocycles. The SMILES string of the molecule is CNc1c(C#N)cnn2cccc12.c1ccc(CN2CCCCC2)cc1. The molecule has 1 aromatic carbocycles. The molecule has 1 N–H and O–H groups in total. The standard InChI is InChI=1S/C12H17N.C9H8N4/c1-3-7-12(8-4-1)11-13-9-5-2-6-10-13;1-11-9-7(5-10)6-12-13-4-2-3-8(9)13/h1,3-4,7-8H,2,5-6,9-11H2;2-4,6,11H,1H3. The predicted molar refractivity (Wildman–Crippen MR) is 105 cm³/mol. The normalized spacial score (nSPS) is 14.3. The van der Waals surface area contributed by atoms with Gasteiger partial charge in [-0.05, 0) is 43.6 Å². The summed E-state index contributed by atoms with van der Waals surface area (Å²) in [6, 6.07) is 16.7. The molecule has 5 heteroatoms. The maximum Gasteiger partial charge on any atom is 0.103 e. The summed E-state index contributed by atoms with van der Waals surface area (Å²) < 4.78 is 1.73. The van der Waals surface area contributed by atoms with E-state index in [1.807, 2.05) is 18.3 Å². The lowest BCUT2D eigenvalue weighted by atomic mass is 10.1. The fourth-order valence-corrected chi connectivity index (χ4v) is 3.30. The van der Waals surface area contributed by atoms with Crippen molar-refractivity contribution in [3.63, 3.8) is 0 Å². The molecule has 134 valence electrons. The van der Waals surface area contributed by atoms with Crippen LogP contribution in [-0.4, -0.2) is 34.7 Å². The number of nitrogens with zero attached hydrogens (tertiary/aromatic N) is 4. The molecule has 1 saturated heterocycles. The van der Waals surface area contributed by atoms with Gasteiger partial charge in [-0.25, -0.2) is 4.52 Å². The summed E-state index contributed by atoms with van der Waals surface area (Å²) in [5, 5.41) is 15.9. The molecule has 4 rings (SSSR count). The first-order valence-corrected chi connectivity index (χ1v) is 9.12. The van der Waals surface area contributed by atoms with Gasteiger partial charge >= 0.3 is 0 Å². The van der Waals surface area contributed by atoms with Crippen molar-refractivity contribution in [2.75, 3.05) is 25.5 Å². The number of nitriles is 1. The van der Waals surface area contributed by atoms with Crippen LogP contribution in [0.3, 0.4) is 0 Å². The van der Waals surface area contributed by atoms with Gasteiger partial charge < -0.3 is 5.32 Å². The molecular weight excluding hydrogens is 322 g/mol. The Morgan fingerprint density at radius 1 is 1.08 bits per heavy atom. The zero-order valence-electron chi connectivity index (χ0n) is 15.2. The molecule has 0 saturated carbocycles. The second-order valence-corrected chi connectivity index (χ2v) is 6.46. The van der Waals surface area contributed by atoms with Crippen LogP contribution in [0.5, 0.6) is 0 Å². The molecule has 0 amide bonds. The first-order chi connectivity index (χ1) is 12.8. The maximum atomic E-state index is 8.81. The van der Waals surface area contributed by atoms with Crippen molar-refractivity contribution in [2.24, 2.45) is 0 Å². The van der Waals surface area contributed by atoms with Crippen LogP contribution in [-0.2, 0) is 6.54 Å². The smallest absolute Gasteiger partial charge is 0.103 e. The van der Waals surface area contributed by atoms with E-state index < -0.39 is 0 Å². The average molecular weight is 347 g/mol. The minimum atomic E-state index is 0.564. The van der Waals surface area contributed by atoms with Crippen molar-refractivity contribution in [1.29, 1.82) is 5.26 Å². The Kier molecular flexibility index (Phi) is 6.24. The lowest BCUT2D eigenvalue weighted by Gasteiger charge is -2.26. The molecule has 26 heavy (non-hydrogen) atoms. The number of nitrogens with one attached hydrogen (secondary N) is 1. The van der Waals surface area contributed by atoms with Crippen molar-refractivity contribution in [3.8, 4) is 6.07 Å². The second kappa shape index (κ2) is 9.02. The maximum absolute atomic E-state index is 8.81. The predicted octanol–water partition coefficient (Wildman–Crippen LogP) is 3.92. The van der Waals surface area contributed by atoms with Crippen molar-refractivity contribution in [3.05, 3.63) is 66.0 Å². The third kappa shape index (κ3) is 4.41. The van der Waals surface area contributed by atoms with E-state index in [1.165, 1.54) is 37.9 Å². The lowest BCUT2D eigenvalue weighted by molar-refractivity contribution is 0.221. The van der Waals surface area contributed by atoms with E-state index in [1.54, 1.807) is 17.8 Å². The molecule has 5 nitrogen and oxygen atoms in total. The Hall–Kier alpha value is -2.84. The Labute approximate surface area is 154 Å². The third-order valence-corrected chi connectivity index (χ3v) is 4.63. The van der Waals surface area contributed by atoms with Crippen LogP contribution in [0, 0.1) is 11.3 Å². The number of benzene rings is 1. The van der Waals surface area contributed by atoms with Crippen molar-refractivity contribution < 1.29 is 0 Å². The van der Waals surface area contributed by atoms with Crippen molar-refractivity contribution >= 4 is 11.2 Å². The number of anilines is 1. The van der Waals surface area contributed by atoms with Gasteiger partial charge in [0.05, 0.1) is 23.0 Å². The van der Waals surface area contributed by atoms with Crippen LogP contribution in [0.4, 0.5) is 5.69 Å². The number of hydrogen-bond acceptors (Lipinski definition) is 4. The van der Waals surface area contributed by atoms with Gasteiger partial charge in [0.1, 0.15) is 6.07 Å². The van der Waals surface area contributed by atoms with E-state index in [0.717, 1.165) is 17.7 Å². The van der Waals surface area contributed by atoms with Crippen LogP contribution >= 0.6 is 0 Å². The molecule has 0 aliphatic carbocycles.